The summed E-state index contributed by atoms with van der Waals surface area (Å²) < 4.78 is 21.3. The van der Waals surface area contributed by atoms with E-state index >= 15 is 0 Å². The Labute approximate surface area is 216 Å². The first-order valence-electron chi connectivity index (χ1n) is 11.7. The minimum absolute atomic E-state index is 0.0248. The largest absolute Gasteiger partial charge is 0.493 e. The third-order valence-corrected chi connectivity index (χ3v) is 6.86. The van der Waals surface area contributed by atoms with E-state index in [4.69, 9.17) is 30.5 Å². The Kier molecular flexibility index (Phi) is 8.01. The van der Waals surface area contributed by atoms with Crippen molar-refractivity contribution in [1.82, 2.24) is 5.32 Å². The van der Waals surface area contributed by atoms with Crippen molar-refractivity contribution in [3.05, 3.63) is 81.2 Å². The summed E-state index contributed by atoms with van der Waals surface area (Å²) in [6.45, 7) is 2.24. The van der Waals surface area contributed by atoms with Crippen LogP contribution in [0.5, 0.6) is 11.5 Å². The number of rotatable bonds is 8. The van der Waals surface area contributed by atoms with Crippen molar-refractivity contribution in [3.63, 3.8) is 0 Å². The molecule has 190 valence electrons. The first-order chi connectivity index (χ1) is 17.4. The summed E-state index contributed by atoms with van der Waals surface area (Å²) in [5, 5.41) is 3.88. The molecule has 2 aliphatic rings. The molecule has 1 aliphatic carbocycles. The zero-order chi connectivity index (χ0) is 25.8. The molecule has 0 fully saturated rings. The molecule has 1 aliphatic heterocycles. The molecule has 2 atom stereocenters. The second kappa shape index (κ2) is 11.2. The molecule has 0 aromatic heterocycles. The van der Waals surface area contributed by atoms with E-state index < -0.39 is 11.9 Å². The predicted molar refractivity (Wildman–Crippen MR) is 136 cm³/mol. The molecule has 7 nitrogen and oxygen atoms in total. The highest BCUT2D eigenvalue weighted by Gasteiger charge is 2.41. The topological polar surface area (TPSA) is 83.1 Å². The molecule has 8 heteroatoms. The summed E-state index contributed by atoms with van der Waals surface area (Å²) in [4.78, 5) is 26.9. The monoisotopic (exact) mass is 511 g/mol. The summed E-state index contributed by atoms with van der Waals surface area (Å²) in [7, 11) is 4.73. The fraction of sp³-hybridized carbons (Fsp3) is 0.357. The average molecular weight is 512 g/mol. The summed E-state index contributed by atoms with van der Waals surface area (Å²) in [5.74, 6) is 0.121. The Balaban J connectivity index is 1.74. The third kappa shape index (κ3) is 5.13. The second-order valence-corrected chi connectivity index (χ2v) is 9.25. The number of carbonyl (C=O) groups is 2. The number of methoxy groups -OCH3 is 3. The van der Waals surface area contributed by atoms with Crippen molar-refractivity contribution in [1.29, 1.82) is 0 Å². The maximum Gasteiger partial charge on any atom is 0.336 e. The molecule has 0 unspecified atom stereocenters. The van der Waals surface area contributed by atoms with Gasteiger partial charge in [-0.25, -0.2) is 4.79 Å². The number of nitrogens with one attached hydrogen (secondary N) is 1. The number of halogens is 1. The number of ketones is 1. The van der Waals surface area contributed by atoms with Gasteiger partial charge in [0.15, 0.2) is 17.3 Å². The van der Waals surface area contributed by atoms with Gasteiger partial charge in [0.05, 0.1) is 26.4 Å². The molecule has 2 aromatic carbocycles. The quantitative estimate of drug-likeness (QED) is 0.398. The van der Waals surface area contributed by atoms with Crippen molar-refractivity contribution in [3.8, 4) is 11.5 Å². The highest BCUT2D eigenvalue weighted by Crippen LogP contribution is 2.46. The van der Waals surface area contributed by atoms with Gasteiger partial charge in [-0.05, 0) is 54.7 Å². The van der Waals surface area contributed by atoms with Crippen LogP contribution in [0.2, 0.25) is 5.02 Å². The minimum Gasteiger partial charge on any atom is -0.493 e. The smallest absolute Gasteiger partial charge is 0.336 e. The Morgan fingerprint density at radius 3 is 2.47 bits per heavy atom. The lowest BCUT2D eigenvalue weighted by Crippen LogP contribution is -2.36. The molecule has 1 N–H and O–H groups in total. The van der Waals surface area contributed by atoms with Gasteiger partial charge >= 0.3 is 5.97 Å². The molecular weight excluding hydrogens is 482 g/mol. The van der Waals surface area contributed by atoms with Gasteiger partial charge in [-0.15, -0.1) is 0 Å². The number of carbonyl (C=O) groups excluding carboxylic acids is 2. The summed E-state index contributed by atoms with van der Waals surface area (Å²) in [5.41, 5.74) is 4.21. The molecule has 0 bridgehead atoms. The number of dihydropyridines is 1. The summed E-state index contributed by atoms with van der Waals surface area (Å²) in [6, 6.07) is 13.0. The van der Waals surface area contributed by atoms with Crippen LogP contribution < -0.4 is 14.8 Å². The van der Waals surface area contributed by atoms with Crippen molar-refractivity contribution < 1.29 is 28.5 Å². The zero-order valence-corrected chi connectivity index (χ0v) is 21.6. The maximum absolute atomic E-state index is 13.7. The van der Waals surface area contributed by atoms with E-state index in [9.17, 15) is 9.59 Å². The zero-order valence-electron chi connectivity index (χ0n) is 20.9. The molecule has 0 saturated carbocycles. The van der Waals surface area contributed by atoms with Crippen LogP contribution in [-0.2, 0) is 19.1 Å². The molecule has 0 radical (unpaired) electrons. The molecule has 0 amide bonds. The molecular formula is C28H30ClNO6. The highest BCUT2D eigenvalue weighted by molar-refractivity contribution is 6.30. The van der Waals surface area contributed by atoms with Crippen LogP contribution in [0.3, 0.4) is 0 Å². The Hall–Kier alpha value is -3.29. The number of ether oxygens (including phenoxy) is 4. The average Bonchev–Trinajstić information content (AvgIpc) is 2.87. The van der Waals surface area contributed by atoms with Crippen LogP contribution in [-0.4, -0.2) is 46.3 Å². The Morgan fingerprint density at radius 1 is 1.00 bits per heavy atom. The Bertz CT molecular complexity index is 1230. The number of esters is 1. The van der Waals surface area contributed by atoms with Gasteiger partial charge in [-0.3, -0.25) is 4.79 Å². The van der Waals surface area contributed by atoms with Crippen LogP contribution >= 0.6 is 11.6 Å². The number of hydrogen-bond donors (Lipinski definition) is 1. The standard InChI is InChI=1S/C28H30ClNO6/c1-16-25(28(32)36-11-10-33-2)26(18-6-5-7-20(29)12-18)27-21(30-16)13-19(14-22(27)31)17-8-9-23(34-3)24(15-17)35-4/h5-9,12,15,19,26,30H,10-11,13-14H2,1-4H3/t19-,26+/m0/s1. The van der Waals surface area contributed by atoms with Gasteiger partial charge < -0.3 is 24.3 Å². The van der Waals surface area contributed by atoms with Gasteiger partial charge in [-0.2, -0.15) is 0 Å². The van der Waals surface area contributed by atoms with Crippen LogP contribution in [0.15, 0.2) is 65.0 Å². The number of Topliss-reactive ketones (excluding diaryl/α,β-unsaturated/α-hetero) is 1. The molecule has 1 heterocycles. The molecule has 0 spiro atoms. The van der Waals surface area contributed by atoms with Crippen molar-refractivity contribution in [2.24, 2.45) is 0 Å². The van der Waals surface area contributed by atoms with Gasteiger partial charge in [0, 0.05) is 41.4 Å². The molecule has 36 heavy (non-hydrogen) atoms. The lowest BCUT2D eigenvalue weighted by atomic mass is 9.71. The van der Waals surface area contributed by atoms with Crippen molar-refractivity contribution in [2.75, 3.05) is 34.5 Å². The second-order valence-electron chi connectivity index (χ2n) is 8.82. The van der Waals surface area contributed by atoms with Crippen molar-refractivity contribution in [2.45, 2.75) is 31.6 Å². The predicted octanol–water partition coefficient (Wildman–Crippen LogP) is 4.91. The molecule has 2 aromatic rings. The number of hydrogen-bond acceptors (Lipinski definition) is 7. The fourth-order valence-electron chi connectivity index (χ4n) is 4.97. The fourth-order valence-corrected chi connectivity index (χ4v) is 5.17. The van der Waals surface area contributed by atoms with Crippen LogP contribution in [0.1, 0.15) is 42.7 Å². The van der Waals surface area contributed by atoms with E-state index in [1.165, 1.54) is 0 Å². The molecule has 0 saturated heterocycles. The van der Waals surface area contributed by atoms with E-state index in [0.29, 0.717) is 46.2 Å². The van der Waals surface area contributed by atoms with Gasteiger partial charge in [0.2, 0.25) is 0 Å². The van der Waals surface area contributed by atoms with Crippen molar-refractivity contribution >= 4 is 23.4 Å². The SMILES string of the molecule is COCCOC(=O)C1=C(C)NC2=C(C(=O)C[C@@H](c3ccc(OC)c(OC)c3)C2)[C@@H]1c1cccc(Cl)c1. The van der Waals surface area contributed by atoms with Gasteiger partial charge in [-0.1, -0.05) is 29.8 Å². The van der Waals surface area contributed by atoms with E-state index in [2.05, 4.69) is 5.32 Å². The van der Waals surface area contributed by atoms with E-state index in [0.717, 1.165) is 16.8 Å². The van der Waals surface area contributed by atoms with E-state index in [1.54, 1.807) is 33.5 Å². The summed E-state index contributed by atoms with van der Waals surface area (Å²) in [6.07, 6.45) is 0.912. The molecule has 4 rings (SSSR count). The van der Waals surface area contributed by atoms with Crippen LogP contribution in [0.25, 0.3) is 0 Å². The van der Waals surface area contributed by atoms with E-state index in [1.807, 2.05) is 37.3 Å². The lowest BCUT2D eigenvalue weighted by molar-refractivity contribution is -0.140. The normalized spacial score (nSPS) is 19.5. The van der Waals surface area contributed by atoms with Gasteiger partial charge in [0.25, 0.3) is 0 Å². The number of allylic oxidation sites excluding steroid dienone is 3. The number of benzene rings is 2. The summed E-state index contributed by atoms with van der Waals surface area (Å²) >= 11 is 6.31. The van der Waals surface area contributed by atoms with Crippen LogP contribution in [0.4, 0.5) is 0 Å². The van der Waals surface area contributed by atoms with Gasteiger partial charge in [0.1, 0.15) is 6.61 Å². The lowest BCUT2D eigenvalue weighted by Gasteiger charge is -2.36. The maximum atomic E-state index is 13.7. The Morgan fingerprint density at radius 2 is 1.78 bits per heavy atom. The highest BCUT2D eigenvalue weighted by atomic mass is 35.5. The first-order valence-corrected chi connectivity index (χ1v) is 12.1. The van der Waals surface area contributed by atoms with Crippen LogP contribution in [0, 0.1) is 0 Å². The minimum atomic E-state index is -0.575. The first kappa shape index (κ1) is 25.8. The van der Waals surface area contributed by atoms with E-state index in [-0.39, 0.29) is 24.9 Å². The third-order valence-electron chi connectivity index (χ3n) is 6.63.